The zero-order valence-electron chi connectivity index (χ0n) is 28.5. The fourth-order valence-electron chi connectivity index (χ4n) is 11.8. The second-order valence-corrected chi connectivity index (χ2v) is 17.4. The first-order chi connectivity index (χ1) is 21.4. The summed E-state index contributed by atoms with van der Waals surface area (Å²) in [4.78, 5) is 25.8. The lowest BCUT2D eigenvalue weighted by molar-refractivity contribution is -0.245. The van der Waals surface area contributed by atoms with Gasteiger partial charge in [-0.25, -0.2) is 4.79 Å². The number of hydrogen-bond acceptors (Lipinski definition) is 6. The van der Waals surface area contributed by atoms with Crippen LogP contribution in [0.25, 0.3) is 6.08 Å². The number of aromatic hydroxyl groups is 1. The number of carboxylic acids is 1. The fourth-order valence-corrected chi connectivity index (χ4v) is 11.8. The molecule has 7 heteroatoms. The lowest BCUT2D eigenvalue weighted by Gasteiger charge is -2.71. The molecule has 10 atom stereocenters. The number of ether oxygens (including phenoxy) is 1. The highest BCUT2D eigenvalue weighted by Gasteiger charge is 2.70. The van der Waals surface area contributed by atoms with Gasteiger partial charge < -0.3 is 25.2 Å². The summed E-state index contributed by atoms with van der Waals surface area (Å²) in [5, 5.41) is 43.1. The van der Waals surface area contributed by atoms with Gasteiger partial charge in [0, 0.05) is 11.5 Å². The van der Waals surface area contributed by atoms with Crippen LogP contribution in [0.1, 0.15) is 105 Å². The van der Waals surface area contributed by atoms with E-state index < -0.39 is 35.0 Å². The van der Waals surface area contributed by atoms with E-state index in [2.05, 4.69) is 40.7 Å². The number of phenolic OH excluding ortho intramolecular Hbond substituents is 1. The van der Waals surface area contributed by atoms with Crippen LogP contribution >= 0.6 is 0 Å². The van der Waals surface area contributed by atoms with E-state index in [1.165, 1.54) is 11.6 Å². The number of carboxylic acid groups (broad SMARTS) is 1. The Morgan fingerprint density at radius 1 is 0.913 bits per heavy atom. The van der Waals surface area contributed by atoms with Crippen molar-refractivity contribution in [1.82, 2.24) is 0 Å². The average molecular weight is 635 g/mol. The van der Waals surface area contributed by atoms with Gasteiger partial charge in [-0.1, -0.05) is 65.3 Å². The second kappa shape index (κ2) is 10.9. The van der Waals surface area contributed by atoms with Crippen LogP contribution in [0.5, 0.6) is 5.75 Å². The molecule has 1 aromatic carbocycles. The predicted octanol–water partition coefficient (Wildman–Crippen LogP) is 7.15. The number of aliphatic hydroxyl groups is 2. The largest absolute Gasteiger partial charge is 0.508 e. The van der Waals surface area contributed by atoms with Crippen molar-refractivity contribution in [3.05, 3.63) is 47.6 Å². The molecule has 46 heavy (non-hydrogen) atoms. The third-order valence-electron chi connectivity index (χ3n) is 14.6. The SMILES string of the molecule is CC1(C)CCC2(C(=O)O)CCC3(C)C(=CCC4C5(C)CC(O)C(O)C(C)(COC(=O)C=Cc6ccc(O)cc6)C5CCC43C)C2C1. The van der Waals surface area contributed by atoms with Crippen LogP contribution in [0, 0.1) is 50.2 Å². The molecule has 0 spiro atoms. The number of carbonyl (C=O) groups is 2. The van der Waals surface area contributed by atoms with Gasteiger partial charge in [0.05, 0.1) is 24.2 Å². The van der Waals surface area contributed by atoms with Crippen molar-refractivity contribution in [3.8, 4) is 5.75 Å². The van der Waals surface area contributed by atoms with E-state index in [4.69, 9.17) is 4.74 Å². The quantitative estimate of drug-likeness (QED) is 0.154. The third-order valence-corrected chi connectivity index (χ3v) is 14.6. The topological polar surface area (TPSA) is 124 Å². The van der Waals surface area contributed by atoms with E-state index in [9.17, 15) is 30.0 Å². The molecule has 4 saturated carbocycles. The summed E-state index contributed by atoms with van der Waals surface area (Å²) in [5.74, 6) is -0.702. The molecular formula is C39H54O7. The molecule has 1 aromatic rings. The van der Waals surface area contributed by atoms with Gasteiger partial charge in [-0.3, -0.25) is 4.79 Å². The van der Waals surface area contributed by atoms with E-state index in [-0.39, 0.29) is 51.8 Å². The average Bonchev–Trinajstić information content (AvgIpc) is 2.98. The maximum Gasteiger partial charge on any atom is 0.330 e. The smallest absolute Gasteiger partial charge is 0.330 e. The fraction of sp³-hybridized carbons (Fsp3) is 0.692. The van der Waals surface area contributed by atoms with Crippen LogP contribution < -0.4 is 0 Å². The summed E-state index contributed by atoms with van der Waals surface area (Å²) in [6, 6.07) is 6.53. The first-order valence-corrected chi connectivity index (χ1v) is 17.4. The molecule has 5 aliphatic carbocycles. The molecule has 0 radical (unpaired) electrons. The highest BCUT2D eigenvalue weighted by molar-refractivity contribution is 5.87. The standard InChI is InChI=1S/C39H54O7/c1-34(2)17-19-39(33(44)45)20-18-37(5)26(27(39)21-34)12-13-30-35(3)22-28(41)32(43)36(4,29(35)15-16-38(30,37)6)23-46-31(42)14-9-24-7-10-25(40)11-8-24/h7-12,14,27-30,32,40-41,43H,13,15-23H2,1-6H3,(H,44,45). The highest BCUT2D eigenvalue weighted by atomic mass is 16.5. The Kier molecular flexibility index (Phi) is 7.92. The van der Waals surface area contributed by atoms with Gasteiger partial charge in [0.2, 0.25) is 0 Å². The van der Waals surface area contributed by atoms with Gasteiger partial charge in [-0.2, -0.15) is 0 Å². The zero-order valence-corrected chi connectivity index (χ0v) is 28.5. The van der Waals surface area contributed by atoms with Crippen LogP contribution in [0.2, 0.25) is 0 Å². The molecule has 4 N–H and O–H groups in total. The minimum Gasteiger partial charge on any atom is -0.508 e. The molecule has 0 bridgehead atoms. The molecule has 10 unspecified atom stereocenters. The minimum atomic E-state index is -1.02. The number of aliphatic hydroxyl groups excluding tert-OH is 2. The lowest BCUT2D eigenvalue weighted by Crippen LogP contribution is -2.68. The summed E-state index contributed by atoms with van der Waals surface area (Å²) < 4.78 is 5.81. The van der Waals surface area contributed by atoms with Crippen LogP contribution in [-0.2, 0) is 14.3 Å². The van der Waals surface area contributed by atoms with E-state index in [0.29, 0.717) is 12.8 Å². The number of allylic oxidation sites excluding steroid dienone is 2. The molecular weight excluding hydrogens is 580 g/mol. The Balaban J connectivity index is 1.30. The molecule has 0 heterocycles. The number of hydrogen-bond donors (Lipinski definition) is 4. The monoisotopic (exact) mass is 634 g/mol. The van der Waals surface area contributed by atoms with Crippen molar-refractivity contribution in [1.29, 1.82) is 0 Å². The Labute approximate surface area is 274 Å². The van der Waals surface area contributed by atoms with Gasteiger partial charge in [0.1, 0.15) is 5.75 Å². The van der Waals surface area contributed by atoms with Crippen molar-refractivity contribution < 1.29 is 34.8 Å². The summed E-state index contributed by atoms with van der Waals surface area (Å²) >= 11 is 0. The molecule has 7 nitrogen and oxygen atoms in total. The number of benzene rings is 1. The van der Waals surface area contributed by atoms with Crippen molar-refractivity contribution in [2.24, 2.45) is 50.2 Å². The molecule has 0 aromatic heterocycles. The number of esters is 1. The molecule has 0 saturated heterocycles. The zero-order chi connectivity index (χ0) is 33.5. The Hall–Kier alpha value is -2.64. The Morgan fingerprint density at radius 2 is 1.59 bits per heavy atom. The summed E-state index contributed by atoms with van der Waals surface area (Å²) in [6.07, 6.45) is 10.7. The molecule has 4 fully saturated rings. The Morgan fingerprint density at radius 3 is 2.26 bits per heavy atom. The van der Waals surface area contributed by atoms with E-state index in [1.54, 1.807) is 30.3 Å². The van der Waals surface area contributed by atoms with Crippen molar-refractivity contribution in [2.45, 2.75) is 112 Å². The first kappa shape index (κ1) is 33.3. The van der Waals surface area contributed by atoms with Crippen LogP contribution in [0.3, 0.4) is 0 Å². The van der Waals surface area contributed by atoms with Crippen molar-refractivity contribution >= 4 is 18.0 Å². The van der Waals surface area contributed by atoms with Gasteiger partial charge in [-0.05, 0) is 121 Å². The summed E-state index contributed by atoms with van der Waals surface area (Å²) in [7, 11) is 0. The molecule has 5 aliphatic rings. The second-order valence-electron chi connectivity index (χ2n) is 17.4. The third kappa shape index (κ3) is 4.81. The normalized spacial score (nSPS) is 44.6. The Bertz CT molecular complexity index is 1440. The number of fused-ring (bicyclic) bond motifs is 7. The highest BCUT2D eigenvalue weighted by Crippen LogP contribution is 2.75. The van der Waals surface area contributed by atoms with Crippen LogP contribution in [0.4, 0.5) is 0 Å². The van der Waals surface area contributed by atoms with E-state index in [1.807, 2.05) is 6.92 Å². The maximum atomic E-state index is 12.9. The van der Waals surface area contributed by atoms with E-state index in [0.717, 1.165) is 50.5 Å². The first-order valence-electron chi connectivity index (χ1n) is 17.4. The maximum absolute atomic E-state index is 12.9. The predicted molar refractivity (Wildman–Crippen MR) is 176 cm³/mol. The molecule has 6 rings (SSSR count). The molecule has 0 amide bonds. The van der Waals surface area contributed by atoms with Crippen molar-refractivity contribution in [2.75, 3.05) is 6.61 Å². The summed E-state index contributed by atoms with van der Waals surface area (Å²) in [6.45, 7) is 13.7. The lowest BCUT2D eigenvalue weighted by atomic mass is 9.33. The number of rotatable bonds is 5. The number of carbonyl (C=O) groups excluding carboxylic acids is 1. The number of aliphatic carboxylic acids is 1. The van der Waals surface area contributed by atoms with Crippen LogP contribution in [0.15, 0.2) is 42.0 Å². The van der Waals surface area contributed by atoms with Crippen LogP contribution in [-0.4, -0.2) is 51.2 Å². The molecule has 0 aliphatic heterocycles. The van der Waals surface area contributed by atoms with Gasteiger partial charge >= 0.3 is 11.9 Å². The van der Waals surface area contributed by atoms with Gasteiger partial charge in [0.15, 0.2) is 0 Å². The van der Waals surface area contributed by atoms with Crippen molar-refractivity contribution in [3.63, 3.8) is 0 Å². The minimum absolute atomic E-state index is 0.00428. The van der Waals surface area contributed by atoms with Gasteiger partial charge in [-0.15, -0.1) is 0 Å². The van der Waals surface area contributed by atoms with E-state index >= 15 is 0 Å². The summed E-state index contributed by atoms with van der Waals surface area (Å²) in [5.41, 5.74) is 0.147. The van der Waals surface area contributed by atoms with Gasteiger partial charge in [0.25, 0.3) is 0 Å². The molecule has 252 valence electrons. The number of phenols is 1.